The molecule has 2 aromatic rings. The summed E-state index contributed by atoms with van der Waals surface area (Å²) in [6, 6.07) is 14.1. The van der Waals surface area contributed by atoms with Crippen molar-refractivity contribution >= 4 is 11.6 Å². The number of aryl methyl sites for hydroxylation is 2. The minimum atomic E-state index is -0.484. The van der Waals surface area contributed by atoms with Crippen LogP contribution in [0.4, 0.5) is 0 Å². The smallest absolute Gasteiger partial charge is 0.0831 e. The molecule has 1 atom stereocenters. The second-order valence-corrected chi connectivity index (χ2v) is 5.95. The van der Waals surface area contributed by atoms with E-state index in [1.807, 2.05) is 24.3 Å². The van der Waals surface area contributed by atoms with E-state index in [9.17, 15) is 5.11 Å². The number of aliphatic hydroxyl groups excluding tert-OH is 1. The molecule has 1 aliphatic rings. The standard InChI is InChI=1S/C18H19ClO/c19-17-8-4-3-7-15(17)12-18(20)16-10-9-13-5-1-2-6-14(13)11-16/h3-4,7-11,18,20H,1-2,5-6,12H2. The molecule has 2 heteroatoms. The van der Waals surface area contributed by atoms with E-state index in [1.165, 1.54) is 30.4 Å². The summed E-state index contributed by atoms with van der Waals surface area (Å²) in [6.45, 7) is 0. The van der Waals surface area contributed by atoms with Crippen molar-refractivity contribution in [3.63, 3.8) is 0 Å². The molecule has 104 valence electrons. The molecule has 20 heavy (non-hydrogen) atoms. The number of fused-ring (bicyclic) bond motifs is 1. The van der Waals surface area contributed by atoms with Crippen LogP contribution in [0.3, 0.4) is 0 Å². The van der Waals surface area contributed by atoms with Crippen molar-refractivity contribution < 1.29 is 5.11 Å². The first-order chi connectivity index (χ1) is 9.74. The van der Waals surface area contributed by atoms with Gasteiger partial charge in [-0.15, -0.1) is 0 Å². The maximum absolute atomic E-state index is 10.4. The lowest BCUT2D eigenvalue weighted by Gasteiger charge is -2.19. The first-order valence-corrected chi connectivity index (χ1v) is 7.65. The van der Waals surface area contributed by atoms with E-state index in [-0.39, 0.29) is 0 Å². The number of hydrogen-bond donors (Lipinski definition) is 1. The normalized spacial score (nSPS) is 15.7. The van der Waals surface area contributed by atoms with Crippen molar-refractivity contribution in [1.29, 1.82) is 0 Å². The largest absolute Gasteiger partial charge is 0.388 e. The molecule has 0 aromatic heterocycles. The molecule has 1 N–H and O–H groups in total. The highest BCUT2D eigenvalue weighted by molar-refractivity contribution is 6.31. The Balaban J connectivity index is 1.80. The summed E-state index contributed by atoms with van der Waals surface area (Å²) in [4.78, 5) is 0. The predicted octanol–water partition coefficient (Wildman–Crippen LogP) is 4.49. The molecule has 1 aliphatic carbocycles. The van der Waals surface area contributed by atoms with E-state index in [0.29, 0.717) is 6.42 Å². The Kier molecular flexibility index (Phi) is 4.09. The van der Waals surface area contributed by atoms with E-state index >= 15 is 0 Å². The summed E-state index contributed by atoms with van der Waals surface area (Å²) < 4.78 is 0. The molecule has 0 fully saturated rings. The number of rotatable bonds is 3. The van der Waals surface area contributed by atoms with Crippen molar-refractivity contribution in [3.8, 4) is 0 Å². The molecule has 1 unspecified atom stereocenters. The van der Waals surface area contributed by atoms with Crippen LogP contribution in [0.2, 0.25) is 5.02 Å². The average molecular weight is 287 g/mol. The Labute approximate surface area is 125 Å². The lowest BCUT2D eigenvalue weighted by Crippen LogP contribution is -2.07. The van der Waals surface area contributed by atoms with Gasteiger partial charge in [-0.2, -0.15) is 0 Å². The highest BCUT2D eigenvalue weighted by atomic mass is 35.5. The molecule has 0 saturated carbocycles. The van der Waals surface area contributed by atoms with Crippen LogP contribution in [0.1, 0.15) is 41.2 Å². The summed E-state index contributed by atoms with van der Waals surface area (Å²) in [5.41, 5.74) is 4.86. The van der Waals surface area contributed by atoms with Crippen LogP contribution in [0.15, 0.2) is 42.5 Å². The molecule has 0 bridgehead atoms. The molecule has 0 spiro atoms. The maximum Gasteiger partial charge on any atom is 0.0831 e. The Hall–Kier alpha value is -1.31. The van der Waals surface area contributed by atoms with Crippen molar-refractivity contribution in [2.24, 2.45) is 0 Å². The summed E-state index contributed by atoms with van der Waals surface area (Å²) >= 11 is 6.16. The van der Waals surface area contributed by atoms with Crippen LogP contribution >= 0.6 is 11.6 Å². The van der Waals surface area contributed by atoms with Gasteiger partial charge in [-0.3, -0.25) is 0 Å². The van der Waals surface area contributed by atoms with Crippen molar-refractivity contribution in [2.75, 3.05) is 0 Å². The second kappa shape index (κ2) is 5.99. The SMILES string of the molecule is OC(Cc1ccccc1Cl)c1ccc2c(c1)CCCC2. The van der Waals surface area contributed by atoms with Gasteiger partial charge >= 0.3 is 0 Å². The van der Waals surface area contributed by atoms with Gasteiger partial charge in [0.1, 0.15) is 0 Å². The molecular weight excluding hydrogens is 268 g/mol. The monoisotopic (exact) mass is 286 g/mol. The summed E-state index contributed by atoms with van der Waals surface area (Å²) in [6.07, 6.45) is 4.95. The van der Waals surface area contributed by atoms with Crippen molar-refractivity contribution in [2.45, 2.75) is 38.2 Å². The maximum atomic E-state index is 10.4. The zero-order valence-corrected chi connectivity index (χ0v) is 12.2. The first kappa shape index (κ1) is 13.7. The number of hydrogen-bond acceptors (Lipinski definition) is 1. The average Bonchev–Trinajstić information content (AvgIpc) is 2.49. The van der Waals surface area contributed by atoms with Gasteiger partial charge in [0.05, 0.1) is 6.10 Å². The third kappa shape index (κ3) is 2.89. The molecular formula is C18H19ClO. The fourth-order valence-electron chi connectivity index (χ4n) is 2.95. The summed E-state index contributed by atoms with van der Waals surface area (Å²) in [5.74, 6) is 0. The predicted molar refractivity (Wildman–Crippen MR) is 83.2 cm³/mol. The fourth-order valence-corrected chi connectivity index (χ4v) is 3.16. The van der Waals surface area contributed by atoms with Gasteiger partial charge in [-0.25, -0.2) is 0 Å². The van der Waals surface area contributed by atoms with Gasteiger partial charge < -0.3 is 5.11 Å². The van der Waals surface area contributed by atoms with Gasteiger partial charge in [0.2, 0.25) is 0 Å². The molecule has 0 amide bonds. The Morgan fingerprint density at radius 1 is 1.00 bits per heavy atom. The molecule has 1 nitrogen and oxygen atoms in total. The number of halogens is 1. The molecule has 0 heterocycles. The van der Waals surface area contributed by atoms with Gasteiger partial charge in [0, 0.05) is 11.4 Å². The molecule has 3 rings (SSSR count). The fraction of sp³-hybridized carbons (Fsp3) is 0.333. The molecule has 0 radical (unpaired) electrons. The summed E-state index contributed by atoms with van der Waals surface area (Å²) in [7, 11) is 0. The van der Waals surface area contributed by atoms with Crippen molar-refractivity contribution in [3.05, 3.63) is 69.7 Å². The van der Waals surface area contributed by atoms with E-state index in [2.05, 4.69) is 18.2 Å². The van der Waals surface area contributed by atoms with Crippen LogP contribution < -0.4 is 0 Å². The molecule has 0 saturated heterocycles. The van der Waals surface area contributed by atoms with E-state index in [1.54, 1.807) is 0 Å². The van der Waals surface area contributed by atoms with Crippen LogP contribution in [0, 0.1) is 0 Å². The third-order valence-electron chi connectivity index (χ3n) is 4.13. The van der Waals surface area contributed by atoms with Gasteiger partial charge in [0.25, 0.3) is 0 Å². The highest BCUT2D eigenvalue weighted by Gasteiger charge is 2.14. The highest BCUT2D eigenvalue weighted by Crippen LogP contribution is 2.27. The lowest BCUT2D eigenvalue weighted by molar-refractivity contribution is 0.178. The van der Waals surface area contributed by atoms with Crippen LogP contribution in [-0.4, -0.2) is 5.11 Å². The molecule has 0 aliphatic heterocycles. The Bertz CT molecular complexity index is 606. The summed E-state index contributed by atoms with van der Waals surface area (Å²) in [5, 5.41) is 11.2. The minimum Gasteiger partial charge on any atom is -0.388 e. The van der Waals surface area contributed by atoms with Gasteiger partial charge in [-0.05, 0) is 54.0 Å². The third-order valence-corrected chi connectivity index (χ3v) is 4.50. The van der Waals surface area contributed by atoms with Crippen LogP contribution in [0.5, 0.6) is 0 Å². The first-order valence-electron chi connectivity index (χ1n) is 7.27. The second-order valence-electron chi connectivity index (χ2n) is 5.55. The van der Waals surface area contributed by atoms with E-state index < -0.39 is 6.10 Å². The zero-order valence-electron chi connectivity index (χ0n) is 11.5. The topological polar surface area (TPSA) is 20.2 Å². The quantitative estimate of drug-likeness (QED) is 0.881. The number of aliphatic hydroxyl groups is 1. The van der Waals surface area contributed by atoms with Crippen LogP contribution in [0.25, 0.3) is 0 Å². The Morgan fingerprint density at radius 2 is 1.75 bits per heavy atom. The minimum absolute atomic E-state index is 0.484. The molecule has 2 aromatic carbocycles. The van der Waals surface area contributed by atoms with Gasteiger partial charge in [0.15, 0.2) is 0 Å². The van der Waals surface area contributed by atoms with Gasteiger partial charge in [-0.1, -0.05) is 48.0 Å². The Morgan fingerprint density at radius 3 is 2.55 bits per heavy atom. The van der Waals surface area contributed by atoms with E-state index in [4.69, 9.17) is 11.6 Å². The van der Waals surface area contributed by atoms with Crippen LogP contribution in [-0.2, 0) is 19.3 Å². The lowest BCUT2D eigenvalue weighted by atomic mass is 9.89. The number of benzene rings is 2. The van der Waals surface area contributed by atoms with E-state index in [0.717, 1.165) is 22.6 Å². The zero-order chi connectivity index (χ0) is 13.9. The van der Waals surface area contributed by atoms with Crippen molar-refractivity contribution in [1.82, 2.24) is 0 Å².